The summed E-state index contributed by atoms with van der Waals surface area (Å²) in [6.07, 6.45) is 8.36. The smallest absolute Gasteiger partial charge is 0.260 e. The number of nitrogens with zero attached hydrogens (tertiary/aromatic N) is 4. The molecule has 2 aromatic heterocycles. The summed E-state index contributed by atoms with van der Waals surface area (Å²) < 4.78 is 3.18. The molecular formula is C23H24N4OS2. The lowest BCUT2D eigenvalue weighted by Crippen LogP contribution is -2.32. The van der Waals surface area contributed by atoms with Crippen LogP contribution in [-0.2, 0) is 6.54 Å². The number of anilines is 1. The molecule has 0 radical (unpaired) electrons. The van der Waals surface area contributed by atoms with Crippen LogP contribution in [0.5, 0.6) is 0 Å². The molecule has 7 heteroatoms. The van der Waals surface area contributed by atoms with Gasteiger partial charge in [0.05, 0.1) is 16.5 Å². The topological polar surface area (TPSA) is 51.0 Å². The van der Waals surface area contributed by atoms with Crippen LogP contribution in [0.3, 0.4) is 0 Å². The van der Waals surface area contributed by atoms with E-state index in [9.17, 15) is 4.79 Å². The highest BCUT2D eigenvalue weighted by Crippen LogP contribution is 2.34. The highest BCUT2D eigenvalue weighted by molar-refractivity contribution is 7.98. The third-order valence-corrected chi connectivity index (χ3v) is 7.02. The zero-order valence-electron chi connectivity index (χ0n) is 17.3. The van der Waals surface area contributed by atoms with E-state index >= 15 is 0 Å². The number of benzene rings is 2. The fraction of sp³-hybridized carbons (Fsp3) is 0.261. The summed E-state index contributed by atoms with van der Waals surface area (Å²) in [6.45, 7) is 5.56. The second kappa shape index (κ2) is 9.02. The van der Waals surface area contributed by atoms with Crippen molar-refractivity contribution in [1.82, 2.24) is 14.5 Å². The summed E-state index contributed by atoms with van der Waals surface area (Å²) in [4.78, 5) is 25.4. The van der Waals surface area contributed by atoms with E-state index in [2.05, 4.69) is 31.0 Å². The molecule has 154 valence electrons. The molecule has 30 heavy (non-hydrogen) atoms. The molecule has 0 aliphatic heterocycles. The molecule has 4 aromatic rings. The number of aromatic nitrogens is 3. The number of aryl methyl sites for hydroxylation is 3. The van der Waals surface area contributed by atoms with Crippen LogP contribution >= 0.6 is 23.1 Å². The maximum atomic E-state index is 13.5. The van der Waals surface area contributed by atoms with Crippen LogP contribution < -0.4 is 4.90 Å². The van der Waals surface area contributed by atoms with Crippen molar-refractivity contribution >= 4 is 44.4 Å². The van der Waals surface area contributed by atoms with Gasteiger partial charge in [-0.1, -0.05) is 29.5 Å². The molecule has 0 saturated carbocycles. The molecule has 4 rings (SSSR count). The minimum Gasteiger partial charge on any atom is -0.337 e. The molecule has 0 aliphatic rings. The average molecular weight is 437 g/mol. The molecule has 0 unspecified atom stereocenters. The van der Waals surface area contributed by atoms with Crippen molar-refractivity contribution in [2.75, 3.05) is 17.7 Å². The van der Waals surface area contributed by atoms with Crippen LogP contribution in [0.1, 0.15) is 27.9 Å². The van der Waals surface area contributed by atoms with Gasteiger partial charge in [0, 0.05) is 35.9 Å². The Morgan fingerprint density at radius 1 is 1.20 bits per heavy atom. The molecule has 5 nitrogen and oxygen atoms in total. The van der Waals surface area contributed by atoms with E-state index in [1.807, 2.05) is 46.2 Å². The van der Waals surface area contributed by atoms with Gasteiger partial charge in [-0.2, -0.15) is 0 Å². The van der Waals surface area contributed by atoms with E-state index in [0.29, 0.717) is 12.1 Å². The van der Waals surface area contributed by atoms with Crippen molar-refractivity contribution in [2.24, 2.45) is 0 Å². The van der Waals surface area contributed by atoms with Crippen LogP contribution in [0.25, 0.3) is 10.2 Å². The molecule has 1 amide bonds. The first-order valence-corrected chi connectivity index (χ1v) is 11.9. The molecule has 0 N–H and O–H groups in total. The van der Waals surface area contributed by atoms with Crippen LogP contribution in [0.4, 0.5) is 5.13 Å². The molecule has 0 fully saturated rings. The maximum absolute atomic E-state index is 13.5. The number of fused-ring (bicyclic) bond motifs is 1. The maximum Gasteiger partial charge on any atom is 0.260 e. The van der Waals surface area contributed by atoms with Gasteiger partial charge in [0.1, 0.15) is 0 Å². The number of hydrogen-bond donors (Lipinski definition) is 0. The van der Waals surface area contributed by atoms with Crippen molar-refractivity contribution in [3.8, 4) is 0 Å². The highest BCUT2D eigenvalue weighted by Gasteiger charge is 2.22. The fourth-order valence-electron chi connectivity index (χ4n) is 3.39. The van der Waals surface area contributed by atoms with Crippen LogP contribution in [-0.4, -0.2) is 33.2 Å². The van der Waals surface area contributed by atoms with Gasteiger partial charge in [-0.25, -0.2) is 9.97 Å². The standard InChI is InChI=1S/C23H24N4OS2/c1-16-8-9-17(2)21-20(16)25-23(30-21)27(12-5-11-26-13-10-24-15-26)22(28)18-6-4-7-19(14-18)29-3/h4,6-10,13-15H,5,11-12H2,1-3H3. The number of amides is 1. The number of imidazole rings is 1. The lowest BCUT2D eigenvalue weighted by atomic mass is 10.1. The van der Waals surface area contributed by atoms with E-state index < -0.39 is 0 Å². The second-order valence-corrected chi connectivity index (χ2v) is 9.07. The van der Waals surface area contributed by atoms with E-state index in [4.69, 9.17) is 4.98 Å². The van der Waals surface area contributed by atoms with Crippen molar-refractivity contribution in [3.05, 3.63) is 71.8 Å². The number of thioether (sulfide) groups is 1. The molecule has 2 aromatic carbocycles. The Balaban J connectivity index is 1.68. The average Bonchev–Trinajstić information content (AvgIpc) is 3.44. The number of thiazole rings is 1. The van der Waals surface area contributed by atoms with Crippen molar-refractivity contribution < 1.29 is 4.79 Å². The van der Waals surface area contributed by atoms with Gasteiger partial charge >= 0.3 is 0 Å². The molecule has 0 bridgehead atoms. The van der Waals surface area contributed by atoms with Crippen molar-refractivity contribution in [3.63, 3.8) is 0 Å². The zero-order chi connectivity index (χ0) is 21.1. The summed E-state index contributed by atoms with van der Waals surface area (Å²) >= 11 is 3.23. The minimum absolute atomic E-state index is 0.00843. The predicted octanol–water partition coefficient (Wildman–Crippen LogP) is 5.57. The van der Waals surface area contributed by atoms with E-state index in [0.717, 1.165) is 38.8 Å². The number of rotatable bonds is 7. The van der Waals surface area contributed by atoms with Crippen molar-refractivity contribution in [1.29, 1.82) is 0 Å². The second-order valence-electron chi connectivity index (χ2n) is 7.22. The van der Waals surface area contributed by atoms with Crippen LogP contribution in [0.15, 0.2) is 60.0 Å². The Morgan fingerprint density at radius 3 is 2.77 bits per heavy atom. The monoisotopic (exact) mass is 436 g/mol. The summed E-state index contributed by atoms with van der Waals surface area (Å²) in [5, 5.41) is 0.757. The van der Waals surface area contributed by atoms with Gasteiger partial charge in [-0.3, -0.25) is 9.69 Å². The Bertz CT molecular complexity index is 1130. The van der Waals surface area contributed by atoms with E-state index in [-0.39, 0.29) is 5.91 Å². The molecule has 2 heterocycles. The van der Waals surface area contributed by atoms with Gasteiger partial charge in [-0.15, -0.1) is 11.8 Å². The minimum atomic E-state index is -0.00843. The van der Waals surface area contributed by atoms with Gasteiger partial charge in [0.25, 0.3) is 5.91 Å². The molecule has 0 saturated heterocycles. The summed E-state index contributed by atoms with van der Waals surface area (Å²) in [5.74, 6) is -0.00843. The normalized spacial score (nSPS) is 11.2. The molecule has 0 aliphatic carbocycles. The van der Waals surface area contributed by atoms with Gasteiger partial charge in [0.15, 0.2) is 5.13 Å². The molecular weight excluding hydrogens is 412 g/mol. The highest BCUT2D eigenvalue weighted by atomic mass is 32.2. The molecule has 0 atom stereocenters. The predicted molar refractivity (Wildman–Crippen MR) is 126 cm³/mol. The fourth-order valence-corrected chi connectivity index (χ4v) is 4.99. The first kappa shape index (κ1) is 20.6. The van der Waals surface area contributed by atoms with Gasteiger partial charge in [-0.05, 0) is 55.9 Å². The largest absolute Gasteiger partial charge is 0.337 e. The van der Waals surface area contributed by atoms with Crippen LogP contribution in [0.2, 0.25) is 0 Å². The Kier molecular flexibility index (Phi) is 6.20. The SMILES string of the molecule is CSc1cccc(C(=O)N(CCCn2ccnc2)c2nc3c(C)ccc(C)c3s2)c1. The Morgan fingerprint density at radius 2 is 2.03 bits per heavy atom. The first-order valence-electron chi connectivity index (χ1n) is 9.85. The lowest BCUT2D eigenvalue weighted by Gasteiger charge is -2.20. The summed E-state index contributed by atoms with van der Waals surface area (Å²) in [5.41, 5.74) is 4.00. The lowest BCUT2D eigenvalue weighted by molar-refractivity contribution is 0.0986. The number of carbonyl (C=O) groups is 1. The van der Waals surface area contributed by atoms with Gasteiger partial charge < -0.3 is 4.57 Å². The number of hydrogen-bond acceptors (Lipinski definition) is 5. The van der Waals surface area contributed by atoms with E-state index in [1.54, 1.807) is 35.6 Å². The summed E-state index contributed by atoms with van der Waals surface area (Å²) in [6, 6.07) is 12.0. The number of carbonyl (C=O) groups excluding carboxylic acids is 1. The third kappa shape index (κ3) is 4.27. The quantitative estimate of drug-likeness (QED) is 0.356. The first-order chi connectivity index (χ1) is 14.6. The zero-order valence-corrected chi connectivity index (χ0v) is 19.0. The third-order valence-electron chi connectivity index (χ3n) is 5.08. The Labute approximate surface area is 184 Å². The van der Waals surface area contributed by atoms with Crippen LogP contribution in [0, 0.1) is 13.8 Å². The van der Waals surface area contributed by atoms with E-state index in [1.165, 1.54) is 5.56 Å². The Hall–Kier alpha value is -2.64. The van der Waals surface area contributed by atoms with Crippen molar-refractivity contribution in [2.45, 2.75) is 31.7 Å². The molecule has 0 spiro atoms. The summed E-state index contributed by atoms with van der Waals surface area (Å²) in [7, 11) is 0. The van der Waals surface area contributed by atoms with Gasteiger partial charge in [0.2, 0.25) is 0 Å².